The molecule has 0 saturated heterocycles. The van der Waals surface area contributed by atoms with E-state index in [0.717, 1.165) is 5.69 Å². The lowest BCUT2D eigenvalue weighted by Gasteiger charge is -2.26. The molecule has 0 radical (unpaired) electrons. The molecule has 3 nitrogen and oxygen atoms in total. The van der Waals surface area contributed by atoms with Crippen LogP contribution < -0.4 is 4.90 Å². The van der Waals surface area contributed by atoms with Crippen LogP contribution in [0.2, 0.25) is 0 Å². The average Bonchev–Trinajstić information content (AvgIpc) is 2.24. The van der Waals surface area contributed by atoms with Gasteiger partial charge in [0.05, 0.1) is 0 Å². The zero-order valence-electron chi connectivity index (χ0n) is 13.1. The SMILES string of the molecule is CN(C(=O)OC(C)(C)C)c1cccc(C(C)(C)C)c1. The summed E-state index contributed by atoms with van der Waals surface area (Å²) in [6, 6.07) is 7.99. The number of anilines is 1. The number of ether oxygens (including phenoxy) is 1. The Morgan fingerprint density at radius 1 is 1.11 bits per heavy atom. The van der Waals surface area contributed by atoms with Crippen molar-refractivity contribution in [2.24, 2.45) is 0 Å². The maximum absolute atomic E-state index is 12.0. The lowest BCUT2D eigenvalue weighted by Crippen LogP contribution is -2.34. The third-order valence-corrected chi connectivity index (χ3v) is 2.77. The highest BCUT2D eigenvalue weighted by atomic mass is 16.6. The Bertz CT molecular complexity index is 453. The van der Waals surface area contributed by atoms with Gasteiger partial charge in [0.15, 0.2) is 0 Å². The molecule has 0 aromatic heterocycles. The molecule has 1 aromatic carbocycles. The Labute approximate surface area is 116 Å². The Morgan fingerprint density at radius 3 is 2.16 bits per heavy atom. The molecular formula is C16H25NO2. The highest BCUT2D eigenvalue weighted by Crippen LogP contribution is 2.26. The molecule has 1 rings (SSSR count). The van der Waals surface area contributed by atoms with Crippen LogP contribution in [0.25, 0.3) is 0 Å². The molecule has 3 heteroatoms. The minimum atomic E-state index is -0.479. The summed E-state index contributed by atoms with van der Waals surface area (Å²) in [7, 11) is 1.73. The maximum atomic E-state index is 12.0. The molecule has 0 spiro atoms. The fourth-order valence-corrected chi connectivity index (χ4v) is 1.62. The van der Waals surface area contributed by atoms with Crippen molar-refractivity contribution in [1.82, 2.24) is 0 Å². The van der Waals surface area contributed by atoms with E-state index in [1.165, 1.54) is 5.56 Å². The van der Waals surface area contributed by atoms with Gasteiger partial charge in [0.1, 0.15) is 5.60 Å². The van der Waals surface area contributed by atoms with Gasteiger partial charge in [-0.2, -0.15) is 0 Å². The van der Waals surface area contributed by atoms with Crippen LogP contribution in [0.4, 0.5) is 10.5 Å². The number of carbonyl (C=O) groups is 1. The van der Waals surface area contributed by atoms with E-state index in [2.05, 4.69) is 26.8 Å². The van der Waals surface area contributed by atoms with Gasteiger partial charge in [-0.3, -0.25) is 4.90 Å². The first-order chi connectivity index (χ1) is 8.50. The Balaban J connectivity index is 2.95. The topological polar surface area (TPSA) is 29.5 Å². The van der Waals surface area contributed by atoms with E-state index in [1.807, 2.05) is 39.0 Å². The first-order valence-electron chi connectivity index (χ1n) is 6.58. The van der Waals surface area contributed by atoms with Gasteiger partial charge in [0.25, 0.3) is 0 Å². The molecule has 0 aliphatic rings. The Kier molecular flexibility index (Phi) is 4.28. The smallest absolute Gasteiger partial charge is 0.414 e. The summed E-state index contributed by atoms with van der Waals surface area (Å²) in [6.45, 7) is 12.1. The first kappa shape index (κ1) is 15.5. The normalized spacial score (nSPS) is 12.2. The minimum absolute atomic E-state index is 0.0603. The Morgan fingerprint density at radius 2 is 1.68 bits per heavy atom. The molecule has 0 unspecified atom stereocenters. The van der Waals surface area contributed by atoms with E-state index in [0.29, 0.717) is 0 Å². The molecule has 19 heavy (non-hydrogen) atoms. The van der Waals surface area contributed by atoms with E-state index in [-0.39, 0.29) is 11.5 Å². The zero-order valence-corrected chi connectivity index (χ0v) is 13.1. The van der Waals surface area contributed by atoms with Gasteiger partial charge in [0.2, 0.25) is 0 Å². The van der Waals surface area contributed by atoms with Crippen molar-refractivity contribution in [3.63, 3.8) is 0 Å². The summed E-state index contributed by atoms with van der Waals surface area (Å²) < 4.78 is 5.37. The van der Waals surface area contributed by atoms with Gasteiger partial charge in [-0.15, -0.1) is 0 Å². The van der Waals surface area contributed by atoms with Crippen LogP contribution in [-0.2, 0) is 10.2 Å². The number of hydrogen-bond donors (Lipinski definition) is 0. The molecule has 0 bridgehead atoms. The van der Waals surface area contributed by atoms with Crippen LogP contribution in [0, 0.1) is 0 Å². The second-order valence-electron chi connectivity index (χ2n) is 6.84. The quantitative estimate of drug-likeness (QED) is 0.753. The number of hydrogen-bond acceptors (Lipinski definition) is 2. The molecule has 0 N–H and O–H groups in total. The van der Waals surface area contributed by atoms with Crippen molar-refractivity contribution in [1.29, 1.82) is 0 Å². The second kappa shape index (κ2) is 5.24. The van der Waals surface area contributed by atoms with E-state index in [9.17, 15) is 4.79 Å². The summed E-state index contributed by atoms with van der Waals surface area (Å²) >= 11 is 0. The van der Waals surface area contributed by atoms with E-state index in [4.69, 9.17) is 4.74 Å². The van der Waals surface area contributed by atoms with Crippen LogP contribution in [0.5, 0.6) is 0 Å². The fraction of sp³-hybridized carbons (Fsp3) is 0.562. The summed E-state index contributed by atoms with van der Waals surface area (Å²) in [5, 5.41) is 0. The van der Waals surface area contributed by atoms with Crippen molar-refractivity contribution < 1.29 is 9.53 Å². The number of carbonyl (C=O) groups excluding carboxylic acids is 1. The summed E-state index contributed by atoms with van der Waals surface area (Å²) in [4.78, 5) is 13.6. The molecule has 1 aromatic rings. The largest absolute Gasteiger partial charge is 0.443 e. The highest BCUT2D eigenvalue weighted by Gasteiger charge is 2.21. The van der Waals surface area contributed by atoms with Crippen LogP contribution in [-0.4, -0.2) is 18.7 Å². The Hall–Kier alpha value is -1.51. The highest BCUT2D eigenvalue weighted by molar-refractivity contribution is 5.87. The predicted molar refractivity (Wildman–Crippen MR) is 79.8 cm³/mol. The molecule has 106 valence electrons. The van der Waals surface area contributed by atoms with Gasteiger partial charge in [0, 0.05) is 12.7 Å². The third kappa shape index (κ3) is 4.58. The van der Waals surface area contributed by atoms with E-state index in [1.54, 1.807) is 11.9 Å². The predicted octanol–water partition coefficient (Wildman–Crippen LogP) is 4.36. The van der Waals surface area contributed by atoms with Crippen molar-refractivity contribution in [2.75, 3.05) is 11.9 Å². The van der Waals surface area contributed by atoms with Crippen LogP contribution in [0.15, 0.2) is 24.3 Å². The van der Waals surface area contributed by atoms with E-state index >= 15 is 0 Å². The average molecular weight is 263 g/mol. The minimum Gasteiger partial charge on any atom is -0.443 e. The zero-order chi connectivity index (χ0) is 14.8. The van der Waals surface area contributed by atoms with Crippen LogP contribution in [0.1, 0.15) is 47.1 Å². The van der Waals surface area contributed by atoms with E-state index < -0.39 is 5.60 Å². The molecule has 0 saturated carbocycles. The fourth-order valence-electron chi connectivity index (χ4n) is 1.62. The molecule has 0 fully saturated rings. The number of nitrogens with zero attached hydrogens (tertiary/aromatic N) is 1. The number of benzene rings is 1. The lowest BCUT2D eigenvalue weighted by atomic mass is 9.87. The molecule has 0 aliphatic carbocycles. The van der Waals surface area contributed by atoms with Gasteiger partial charge in [-0.05, 0) is 43.9 Å². The van der Waals surface area contributed by atoms with Crippen molar-refractivity contribution >= 4 is 11.8 Å². The second-order valence-corrected chi connectivity index (χ2v) is 6.84. The first-order valence-corrected chi connectivity index (χ1v) is 6.58. The van der Waals surface area contributed by atoms with Crippen LogP contribution >= 0.6 is 0 Å². The van der Waals surface area contributed by atoms with Gasteiger partial charge in [-0.1, -0.05) is 32.9 Å². The number of amides is 1. The van der Waals surface area contributed by atoms with Crippen molar-refractivity contribution in [2.45, 2.75) is 52.6 Å². The maximum Gasteiger partial charge on any atom is 0.414 e. The van der Waals surface area contributed by atoms with Crippen LogP contribution in [0.3, 0.4) is 0 Å². The molecule has 0 atom stereocenters. The standard InChI is InChI=1S/C16H25NO2/c1-15(2,3)12-9-8-10-13(11-12)17(7)14(18)19-16(4,5)6/h8-11H,1-7H3. The van der Waals surface area contributed by atoms with Gasteiger partial charge in [-0.25, -0.2) is 4.79 Å². The van der Waals surface area contributed by atoms with Crippen molar-refractivity contribution in [3.05, 3.63) is 29.8 Å². The molecule has 1 amide bonds. The summed E-state index contributed by atoms with van der Waals surface area (Å²) in [5.74, 6) is 0. The summed E-state index contributed by atoms with van der Waals surface area (Å²) in [5.41, 5.74) is 1.62. The van der Waals surface area contributed by atoms with Gasteiger partial charge < -0.3 is 4.74 Å². The monoisotopic (exact) mass is 263 g/mol. The molecule has 0 aliphatic heterocycles. The third-order valence-electron chi connectivity index (χ3n) is 2.77. The lowest BCUT2D eigenvalue weighted by molar-refractivity contribution is 0.0589. The molecular weight excluding hydrogens is 238 g/mol. The summed E-state index contributed by atoms with van der Waals surface area (Å²) in [6.07, 6.45) is -0.335. The van der Waals surface area contributed by atoms with Crippen molar-refractivity contribution in [3.8, 4) is 0 Å². The number of rotatable bonds is 1. The van der Waals surface area contributed by atoms with Gasteiger partial charge >= 0.3 is 6.09 Å². The molecule has 0 heterocycles.